The van der Waals surface area contributed by atoms with Crippen molar-refractivity contribution in [2.75, 3.05) is 34.3 Å². The van der Waals surface area contributed by atoms with E-state index in [1.54, 1.807) is 24.3 Å². The van der Waals surface area contributed by atoms with Gasteiger partial charge in [0.15, 0.2) is 0 Å². The van der Waals surface area contributed by atoms with Crippen molar-refractivity contribution in [3.05, 3.63) is 58.6 Å². The van der Waals surface area contributed by atoms with E-state index >= 15 is 0 Å². The van der Waals surface area contributed by atoms with Crippen LogP contribution in [-0.2, 0) is 10.0 Å². The van der Waals surface area contributed by atoms with Crippen molar-refractivity contribution in [1.82, 2.24) is 14.9 Å². The molecule has 2 rings (SSSR count). The van der Waals surface area contributed by atoms with Gasteiger partial charge in [-0.15, -0.1) is 0 Å². The van der Waals surface area contributed by atoms with E-state index in [4.69, 9.17) is 16.3 Å². The smallest absolute Gasteiger partial charge is 0.252 e. The van der Waals surface area contributed by atoms with Crippen LogP contribution in [0.5, 0.6) is 5.75 Å². The second kappa shape index (κ2) is 9.73. The number of carbonyl (C=O) groups is 2. The van der Waals surface area contributed by atoms with Crippen LogP contribution in [-0.4, -0.2) is 58.8 Å². The Morgan fingerprint density at radius 2 is 1.66 bits per heavy atom. The third-order valence-electron chi connectivity index (χ3n) is 4.00. The van der Waals surface area contributed by atoms with E-state index in [0.717, 1.165) is 4.31 Å². The largest absolute Gasteiger partial charge is 0.495 e. The number of amides is 2. The van der Waals surface area contributed by atoms with Gasteiger partial charge >= 0.3 is 0 Å². The second-order valence-corrected chi connectivity index (χ2v) is 8.67. The summed E-state index contributed by atoms with van der Waals surface area (Å²) in [6, 6.07) is 10.8. The molecule has 0 aliphatic rings. The number of hydrogen-bond donors (Lipinski definition) is 2. The molecule has 2 amide bonds. The van der Waals surface area contributed by atoms with E-state index in [9.17, 15) is 18.0 Å². The third kappa shape index (κ3) is 5.47. The summed E-state index contributed by atoms with van der Waals surface area (Å²) in [6.45, 7) is 0.325. The molecule has 0 aliphatic heterocycles. The molecule has 0 aliphatic carbocycles. The average Bonchev–Trinajstić information content (AvgIpc) is 2.70. The van der Waals surface area contributed by atoms with Gasteiger partial charge in [-0.3, -0.25) is 9.59 Å². The Balaban J connectivity index is 2.01. The normalized spacial score (nSPS) is 11.2. The molecule has 0 bridgehead atoms. The van der Waals surface area contributed by atoms with Crippen molar-refractivity contribution in [1.29, 1.82) is 0 Å². The SMILES string of the molecule is COc1ccc(C(=O)NCCNC(=O)c2ccccc2Cl)cc1S(=O)(=O)N(C)C. The van der Waals surface area contributed by atoms with E-state index < -0.39 is 15.9 Å². The minimum atomic E-state index is -3.79. The Morgan fingerprint density at radius 3 is 2.24 bits per heavy atom. The van der Waals surface area contributed by atoms with Crippen LogP contribution >= 0.6 is 11.6 Å². The zero-order valence-corrected chi connectivity index (χ0v) is 17.8. The number of sulfonamides is 1. The van der Waals surface area contributed by atoms with Gasteiger partial charge in [0.2, 0.25) is 10.0 Å². The fourth-order valence-corrected chi connectivity index (χ4v) is 3.71. The Labute approximate surface area is 174 Å². The van der Waals surface area contributed by atoms with Crippen molar-refractivity contribution in [3.63, 3.8) is 0 Å². The van der Waals surface area contributed by atoms with E-state index in [2.05, 4.69) is 10.6 Å². The van der Waals surface area contributed by atoms with E-state index in [0.29, 0.717) is 10.6 Å². The van der Waals surface area contributed by atoms with Gasteiger partial charge in [-0.2, -0.15) is 0 Å². The first kappa shape index (κ1) is 22.7. The number of nitrogens with zero attached hydrogens (tertiary/aromatic N) is 1. The highest BCUT2D eigenvalue weighted by Crippen LogP contribution is 2.26. The highest BCUT2D eigenvalue weighted by Gasteiger charge is 2.23. The number of benzene rings is 2. The summed E-state index contributed by atoms with van der Waals surface area (Å²) in [5.41, 5.74) is 0.498. The molecule has 0 spiro atoms. The maximum Gasteiger partial charge on any atom is 0.252 e. The summed E-state index contributed by atoms with van der Waals surface area (Å²) in [4.78, 5) is 24.3. The zero-order valence-electron chi connectivity index (χ0n) is 16.2. The lowest BCUT2D eigenvalue weighted by molar-refractivity contribution is 0.0927. The fraction of sp³-hybridized carbons (Fsp3) is 0.263. The van der Waals surface area contributed by atoms with Crippen LogP contribution in [0.3, 0.4) is 0 Å². The van der Waals surface area contributed by atoms with E-state index in [1.807, 2.05) is 0 Å². The molecule has 156 valence electrons. The molecule has 0 aromatic heterocycles. The molecule has 0 fully saturated rings. The van der Waals surface area contributed by atoms with Gasteiger partial charge in [-0.05, 0) is 30.3 Å². The summed E-state index contributed by atoms with van der Waals surface area (Å²) in [6.07, 6.45) is 0. The molecule has 0 saturated heterocycles. The summed E-state index contributed by atoms with van der Waals surface area (Å²) in [5.74, 6) is -0.689. The second-order valence-electron chi connectivity index (χ2n) is 6.14. The predicted octanol–water partition coefficient (Wildman–Crippen LogP) is 1.76. The van der Waals surface area contributed by atoms with Gasteiger partial charge in [0.05, 0.1) is 17.7 Å². The number of methoxy groups -OCH3 is 1. The molecule has 0 saturated carbocycles. The predicted molar refractivity (Wildman–Crippen MR) is 110 cm³/mol. The van der Waals surface area contributed by atoms with Gasteiger partial charge in [0.25, 0.3) is 11.8 Å². The number of ether oxygens (including phenoxy) is 1. The fourth-order valence-electron chi connectivity index (χ4n) is 2.41. The number of rotatable bonds is 8. The van der Waals surface area contributed by atoms with Gasteiger partial charge < -0.3 is 15.4 Å². The molecule has 2 aromatic carbocycles. The van der Waals surface area contributed by atoms with Crippen molar-refractivity contribution < 1.29 is 22.7 Å². The quantitative estimate of drug-likeness (QED) is 0.610. The highest BCUT2D eigenvalue weighted by atomic mass is 35.5. The highest BCUT2D eigenvalue weighted by molar-refractivity contribution is 7.89. The first-order valence-corrected chi connectivity index (χ1v) is 10.4. The number of carbonyl (C=O) groups excluding carboxylic acids is 2. The lowest BCUT2D eigenvalue weighted by atomic mass is 10.2. The minimum Gasteiger partial charge on any atom is -0.495 e. The van der Waals surface area contributed by atoms with Gasteiger partial charge in [0.1, 0.15) is 10.6 Å². The molecule has 29 heavy (non-hydrogen) atoms. The Kier molecular flexibility index (Phi) is 7.60. The van der Waals surface area contributed by atoms with Crippen LogP contribution < -0.4 is 15.4 Å². The van der Waals surface area contributed by atoms with Gasteiger partial charge in [0, 0.05) is 32.7 Å². The zero-order chi connectivity index (χ0) is 21.6. The lowest BCUT2D eigenvalue weighted by Crippen LogP contribution is -2.35. The van der Waals surface area contributed by atoms with Crippen molar-refractivity contribution >= 4 is 33.4 Å². The van der Waals surface area contributed by atoms with Crippen LogP contribution in [0.25, 0.3) is 0 Å². The maximum atomic E-state index is 12.4. The molecule has 2 aromatic rings. The third-order valence-corrected chi connectivity index (χ3v) is 6.16. The van der Waals surface area contributed by atoms with Crippen molar-refractivity contribution in [3.8, 4) is 5.75 Å². The lowest BCUT2D eigenvalue weighted by Gasteiger charge is -2.15. The van der Waals surface area contributed by atoms with Crippen LogP contribution in [0.1, 0.15) is 20.7 Å². The number of hydrogen-bond acceptors (Lipinski definition) is 5. The average molecular weight is 440 g/mol. The maximum absolute atomic E-state index is 12.4. The van der Waals surface area contributed by atoms with Gasteiger partial charge in [-0.1, -0.05) is 23.7 Å². The molecule has 8 nitrogen and oxygen atoms in total. The molecule has 0 unspecified atom stereocenters. The Morgan fingerprint density at radius 1 is 1.03 bits per heavy atom. The summed E-state index contributed by atoms with van der Waals surface area (Å²) in [7, 11) is 0.349. The summed E-state index contributed by atoms with van der Waals surface area (Å²) in [5, 5.41) is 5.62. The summed E-state index contributed by atoms with van der Waals surface area (Å²) >= 11 is 5.97. The number of nitrogens with one attached hydrogen (secondary N) is 2. The van der Waals surface area contributed by atoms with E-state index in [1.165, 1.54) is 39.4 Å². The number of halogens is 1. The molecule has 0 radical (unpaired) electrons. The first-order valence-electron chi connectivity index (χ1n) is 8.60. The monoisotopic (exact) mass is 439 g/mol. The Hall–Kier alpha value is -2.62. The molecular weight excluding hydrogens is 418 g/mol. The van der Waals surface area contributed by atoms with Crippen LogP contribution in [0.4, 0.5) is 0 Å². The van der Waals surface area contributed by atoms with Crippen LogP contribution in [0.2, 0.25) is 5.02 Å². The molecule has 0 heterocycles. The van der Waals surface area contributed by atoms with Crippen LogP contribution in [0.15, 0.2) is 47.4 Å². The standard InChI is InChI=1S/C19H22ClN3O5S/c1-23(2)29(26,27)17-12-13(8-9-16(17)28-3)18(24)21-10-11-22-19(25)14-6-4-5-7-15(14)20/h4-9,12H,10-11H2,1-3H3,(H,21,24)(H,22,25). The van der Waals surface area contributed by atoms with E-state index in [-0.39, 0.29) is 35.2 Å². The molecule has 2 N–H and O–H groups in total. The molecule has 10 heteroatoms. The molecular formula is C19H22ClN3O5S. The van der Waals surface area contributed by atoms with Crippen molar-refractivity contribution in [2.24, 2.45) is 0 Å². The molecule has 0 atom stereocenters. The topological polar surface area (TPSA) is 105 Å². The Bertz CT molecular complexity index is 1010. The van der Waals surface area contributed by atoms with Crippen molar-refractivity contribution in [2.45, 2.75) is 4.90 Å². The minimum absolute atomic E-state index is 0.107. The van der Waals surface area contributed by atoms with Crippen LogP contribution in [0, 0.1) is 0 Å². The van der Waals surface area contributed by atoms with Gasteiger partial charge in [-0.25, -0.2) is 12.7 Å². The summed E-state index contributed by atoms with van der Waals surface area (Å²) < 4.78 is 31.0. The first-order chi connectivity index (χ1) is 13.7.